The maximum absolute atomic E-state index is 13.1. The zero-order valence-electron chi connectivity index (χ0n) is 15.6. The molecule has 31 heavy (non-hydrogen) atoms. The summed E-state index contributed by atoms with van der Waals surface area (Å²) in [6, 6.07) is 10.8. The number of alkyl halides is 3. The number of amides is 1. The summed E-state index contributed by atoms with van der Waals surface area (Å²) in [7, 11) is 0. The van der Waals surface area contributed by atoms with Crippen LogP contribution in [0.2, 0.25) is 0 Å². The lowest BCUT2D eigenvalue weighted by atomic mass is 10.1. The first kappa shape index (κ1) is 21.8. The van der Waals surface area contributed by atoms with Crippen LogP contribution in [0.3, 0.4) is 0 Å². The molecule has 0 unspecified atom stereocenters. The number of pyridine rings is 1. The van der Waals surface area contributed by atoms with Crippen LogP contribution in [0.25, 0.3) is 0 Å². The number of carboxylic acids is 1. The topological polar surface area (TPSA) is 88.5 Å². The Bertz CT molecular complexity index is 1100. The summed E-state index contributed by atoms with van der Waals surface area (Å²) in [6.07, 6.45) is -4.20. The lowest BCUT2D eigenvalue weighted by molar-refractivity contribution is -0.137. The van der Waals surface area contributed by atoms with E-state index in [2.05, 4.69) is 10.3 Å². The van der Waals surface area contributed by atoms with Gasteiger partial charge in [0, 0.05) is 12.7 Å². The molecule has 0 bridgehead atoms. The molecule has 3 aromatic rings. The third-order valence-electron chi connectivity index (χ3n) is 4.11. The van der Waals surface area contributed by atoms with Crippen LogP contribution in [0, 0.1) is 5.82 Å². The summed E-state index contributed by atoms with van der Waals surface area (Å²) >= 11 is 0. The summed E-state index contributed by atoms with van der Waals surface area (Å²) in [5, 5.41) is 11.3. The van der Waals surface area contributed by atoms with Gasteiger partial charge in [-0.15, -0.1) is 0 Å². The normalized spacial score (nSPS) is 11.1. The van der Waals surface area contributed by atoms with E-state index < -0.39 is 40.9 Å². The molecule has 0 spiro atoms. The van der Waals surface area contributed by atoms with Crippen molar-refractivity contribution in [3.8, 4) is 11.6 Å². The van der Waals surface area contributed by atoms with E-state index in [1.165, 1.54) is 36.4 Å². The molecule has 2 aromatic carbocycles. The Kier molecular flexibility index (Phi) is 6.19. The third-order valence-corrected chi connectivity index (χ3v) is 4.11. The molecule has 0 aliphatic rings. The number of aromatic nitrogens is 1. The molecule has 3 rings (SSSR count). The zero-order valence-corrected chi connectivity index (χ0v) is 15.6. The number of ether oxygens (including phenoxy) is 1. The second kappa shape index (κ2) is 8.82. The first-order chi connectivity index (χ1) is 14.6. The van der Waals surface area contributed by atoms with E-state index in [0.717, 1.165) is 12.1 Å². The number of rotatable bonds is 6. The smallest absolute Gasteiger partial charge is 0.417 e. The molecule has 10 heteroatoms. The number of carbonyl (C=O) groups excluding carboxylic acids is 1. The van der Waals surface area contributed by atoms with Gasteiger partial charge in [-0.05, 0) is 48.0 Å². The van der Waals surface area contributed by atoms with Crippen molar-refractivity contribution in [1.82, 2.24) is 10.3 Å². The number of halogens is 4. The Morgan fingerprint density at radius 2 is 1.68 bits per heavy atom. The Hall–Kier alpha value is -3.95. The molecule has 0 atom stereocenters. The van der Waals surface area contributed by atoms with Crippen molar-refractivity contribution in [2.75, 3.05) is 0 Å². The molecule has 1 amide bonds. The number of carbonyl (C=O) groups is 2. The molecule has 160 valence electrons. The van der Waals surface area contributed by atoms with Gasteiger partial charge >= 0.3 is 12.1 Å². The standard InChI is InChI=1S/C21H14F4N2O4/c22-15-5-7-16(8-6-15)31-19-17(9-14(11-27-19)21(23,24)25)18(28)26-10-12-1-3-13(4-2-12)20(29)30/h1-9,11H,10H2,(H,26,28)(H,29,30). The van der Waals surface area contributed by atoms with Crippen LogP contribution >= 0.6 is 0 Å². The van der Waals surface area contributed by atoms with Gasteiger partial charge < -0.3 is 15.2 Å². The lowest BCUT2D eigenvalue weighted by Crippen LogP contribution is -2.24. The van der Waals surface area contributed by atoms with E-state index in [9.17, 15) is 27.2 Å². The zero-order chi connectivity index (χ0) is 22.6. The summed E-state index contributed by atoms with van der Waals surface area (Å²) in [5.74, 6) is -2.86. The highest BCUT2D eigenvalue weighted by Gasteiger charge is 2.33. The van der Waals surface area contributed by atoms with E-state index in [1.807, 2.05) is 0 Å². The molecular weight excluding hydrogens is 420 g/mol. The van der Waals surface area contributed by atoms with E-state index in [4.69, 9.17) is 9.84 Å². The van der Waals surface area contributed by atoms with Gasteiger partial charge in [-0.1, -0.05) is 12.1 Å². The fourth-order valence-electron chi connectivity index (χ4n) is 2.51. The SMILES string of the molecule is O=C(O)c1ccc(CNC(=O)c2cc(C(F)(F)F)cnc2Oc2ccc(F)cc2)cc1. The highest BCUT2D eigenvalue weighted by molar-refractivity contribution is 5.96. The van der Waals surface area contributed by atoms with Gasteiger partial charge in [0.2, 0.25) is 5.88 Å². The number of hydrogen-bond donors (Lipinski definition) is 2. The second-order valence-electron chi connectivity index (χ2n) is 6.32. The lowest BCUT2D eigenvalue weighted by Gasteiger charge is -2.13. The molecule has 0 radical (unpaired) electrons. The van der Waals surface area contributed by atoms with Crippen molar-refractivity contribution >= 4 is 11.9 Å². The average molecular weight is 434 g/mol. The Morgan fingerprint density at radius 3 is 2.26 bits per heavy atom. The van der Waals surface area contributed by atoms with Gasteiger partial charge in [0.15, 0.2) is 0 Å². The molecular formula is C21H14F4N2O4. The number of benzene rings is 2. The van der Waals surface area contributed by atoms with Crippen molar-refractivity contribution in [2.45, 2.75) is 12.7 Å². The van der Waals surface area contributed by atoms with Gasteiger partial charge in [0.1, 0.15) is 17.1 Å². The fourth-order valence-corrected chi connectivity index (χ4v) is 2.51. The van der Waals surface area contributed by atoms with Crippen molar-refractivity contribution in [3.63, 3.8) is 0 Å². The Labute approximate surface area is 173 Å². The Balaban J connectivity index is 1.84. The minimum atomic E-state index is -4.73. The van der Waals surface area contributed by atoms with Gasteiger partial charge in [-0.25, -0.2) is 14.2 Å². The van der Waals surface area contributed by atoms with Crippen molar-refractivity contribution in [3.05, 3.63) is 88.9 Å². The van der Waals surface area contributed by atoms with Crippen LogP contribution in [0.15, 0.2) is 60.8 Å². The molecule has 0 saturated carbocycles. The number of nitrogens with one attached hydrogen (secondary N) is 1. The molecule has 0 saturated heterocycles. The predicted octanol–water partition coefficient (Wildman–Crippen LogP) is 4.66. The molecule has 1 aromatic heterocycles. The van der Waals surface area contributed by atoms with E-state index in [1.54, 1.807) is 0 Å². The Morgan fingerprint density at radius 1 is 1.03 bits per heavy atom. The summed E-state index contributed by atoms with van der Waals surface area (Å²) in [4.78, 5) is 27.1. The maximum atomic E-state index is 13.1. The number of nitrogens with zero attached hydrogens (tertiary/aromatic N) is 1. The molecule has 6 nitrogen and oxygen atoms in total. The summed E-state index contributed by atoms with van der Waals surface area (Å²) < 4.78 is 57.7. The van der Waals surface area contributed by atoms with Gasteiger partial charge in [0.25, 0.3) is 5.91 Å². The minimum absolute atomic E-state index is 0.0483. The molecule has 0 fully saturated rings. The van der Waals surface area contributed by atoms with Gasteiger partial charge in [-0.3, -0.25) is 4.79 Å². The number of aromatic carboxylic acids is 1. The maximum Gasteiger partial charge on any atom is 0.417 e. The van der Waals surface area contributed by atoms with Crippen LogP contribution < -0.4 is 10.1 Å². The van der Waals surface area contributed by atoms with Crippen LogP contribution in [-0.4, -0.2) is 22.0 Å². The van der Waals surface area contributed by atoms with E-state index in [-0.39, 0.29) is 17.9 Å². The average Bonchev–Trinajstić information content (AvgIpc) is 2.73. The largest absolute Gasteiger partial charge is 0.478 e. The first-order valence-corrected chi connectivity index (χ1v) is 8.74. The summed E-state index contributed by atoms with van der Waals surface area (Å²) in [6.45, 7) is -0.0784. The monoisotopic (exact) mass is 434 g/mol. The second-order valence-corrected chi connectivity index (χ2v) is 6.32. The first-order valence-electron chi connectivity index (χ1n) is 8.74. The fraction of sp³-hybridized carbons (Fsp3) is 0.0952. The van der Waals surface area contributed by atoms with Crippen LogP contribution in [0.5, 0.6) is 11.6 Å². The van der Waals surface area contributed by atoms with Crippen molar-refractivity contribution < 1.29 is 37.0 Å². The number of carboxylic acid groups (broad SMARTS) is 1. The van der Waals surface area contributed by atoms with E-state index >= 15 is 0 Å². The number of hydrogen-bond acceptors (Lipinski definition) is 4. The van der Waals surface area contributed by atoms with Crippen LogP contribution in [0.4, 0.5) is 17.6 Å². The highest BCUT2D eigenvalue weighted by atomic mass is 19.4. The third kappa shape index (κ3) is 5.56. The molecule has 0 aliphatic carbocycles. The molecule has 0 aliphatic heterocycles. The van der Waals surface area contributed by atoms with Crippen molar-refractivity contribution in [2.24, 2.45) is 0 Å². The molecule has 1 heterocycles. The molecule has 2 N–H and O–H groups in total. The van der Waals surface area contributed by atoms with E-state index in [0.29, 0.717) is 17.8 Å². The predicted molar refractivity (Wildman–Crippen MR) is 100 cm³/mol. The quantitative estimate of drug-likeness (QED) is 0.551. The van der Waals surface area contributed by atoms with Crippen LogP contribution in [-0.2, 0) is 12.7 Å². The minimum Gasteiger partial charge on any atom is -0.478 e. The van der Waals surface area contributed by atoms with Gasteiger partial charge in [0.05, 0.1) is 11.1 Å². The van der Waals surface area contributed by atoms with Crippen LogP contribution in [0.1, 0.15) is 31.8 Å². The highest BCUT2D eigenvalue weighted by Crippen LogP contribution is 2.32. The van der Waals surface area contributed by atoms with Gasteiger partial charge in [-0.2, -0.15) is 13.2 Å². The van der Waals surface area contributed by atoms with Crippen molar-refractivity contribution in [1.29, 1.82) is 0 Å². The summed E-state index contributed by atoms with van der Waals surface area (Å²) in [5.41, 5.74) is -1.04.